The van der Waals surface area contributed by atoms with Crippen LogP contribution in [0.2, 0.25) is 0 Å². The first-order valence-electron chi connectivity index (χ1n) is 13.4. The summed E-state index contributed by atoms with van der Waals surface area (Å²) >= 11 is 0. The highest BCUT2D eigenvalue weighted by atomic mass is 19.4. The molecule has 240 valence electrons. The molecule has 0 heterocycles. The van der Waals surface area contributed by atoms with Crippen molar-refractivity contribution in [1.82, 2.24) is 0 Å². The van der Waals surface area contributed by atoms with E-state index in [0.717, 1.165) is 50.7 Å². The normalized spacial score (nSPS) is 18.0. The molecule has 0 amide bonds. The lowest BCUT2D eigenvalue weighted by Gasteiger charge is -2.29. The Balaban J connectivity index is 1.56. The zero-order valence-corrected chi connectivity index (χ0v) is 22.8. The molecule has 0 aliphatic heterocycles. The molecule has 0 spiro atoms. The number of halogens is 12. The van der Waals surface area contributed by atoms with Gasteiger partial charge in [-0.15, -0.1) is 13.2 Å². The molecule has 44 heavy (non-hydrogen) atoms. The molecule has 3 aromatic carbocycles. The summed E-state index contributed by atoms with van der Waals surface area (Å²) in [6, 6.07) is 3.20. The van der Waals surface area contributed by atoms with Crippen LogP contribution in [0.5, 0.6) is 5.75 Å². The maximum Gasteiger partial charge on any atom is 0.527 e. The third-order valence-corrected chi connectivity index (χ3v) is 7.45. The fourth-order valence-electron chi connectivity index (χ4n) is 5.49. The standard InChI is InChI=1S/C30H24F12O2/c1-2-3-15-4-6-16(7-5-15)17-8-9-20(21(31)10-17)28(36,37)43-19-13-22(32)26(23(33)14-19)18-11-24(34)27(25(35)12-18)29(38,39)44-30(40,41)42/h8-16H,2-7H2,1H3. The zero-order chi connectivity index (χ0) is 32.6. The van der Waals surface area contributed by atoms with Gasteiger partial charge in [-0.3, -0.25) is 0 Å². The van der Waals surface area contributed by atoms with E-state index in [1.54, 1.807) is 0 Å². The molecule has 0 N–H and O–H groups in total. The van der Waals surface area contributed by atoms with Crippen LogP contribution in [0, 0.1) is 35.0 Å². The molecule has 0 atom stereocenters. The molecule has 0 aromatic heterocycles. The van der Waals surface area contributed by atoms with Crippen molar-refractivity contribution in [3.63, 3.8) is 0 Å². The van der Waals surface area contributed by atoms with E-state index in [0.29, 0.717) is 11.5 Å². The maximum absolute atomic E-state index is 14.9. The smallest absolute Gasteiger partial charge is 0.429 e. The van der Waals surface area contributed by atoms with Gasteiger partial charge in [0, 0.05) is 12.1 Å². The molecule has 0 bridgehead atoms. The van der Waals surface area contributed by atoms with Gasteiger partial charge in [-0.05, 0) is 72.9 Å². The van der Waals surface area contributed by atoms with Crippen molar-refractivity contribution >= 4 is 0 Å². The van der Waals surface area contributed by atoms with E-state index < -0.39 is 75.7 Å². The first kappa shape index (κ1) is 33.5. The van der Waals surface area contributed by atoms with Crippen molar-refractivity contribution in [2.75, 3.05) is 0 Å². The third kappa shape index (κ3) is 7.44. The second kappa shape index (κ2) is 12.5. The first-order chi connectivity index (χ1) is 20.4. The Kier molecular flexibility index (Phi) is 9.53. The van der Waals surface area contributed by atoms with Gasteiger partial charge in [0.15, 0.2) is 0 Å². The molecule has 1 aliphatic rings. The van der Waals surface area contributed by atoms with Crippen LogP contribution in [0.1, 0.15) is 68.1 Å². The Morgan fingerprint density at radius 3 is 1.75 bits per heavy atom. The lowest BCUT2D eigenvalue weighted by atomic mass is 9.77. The lowest BCUT2D eigenvalue weighted by molar-refractivity contribution is -0.432. The van der Waals surface area contributed by atoms with Crippen molar-refractivity contribution in [1.29, 1.82) is 0 Å². The van der Waals surface area contributed by atoms with E-state index in [9.17, 15) is 52.7 Å². The molecule has 0 saturated heterocycles. The topological polar surface area (TPSA) is 18.5 Å². The van der Waals surface area contributed by atoms with Crippen LogP contribution < -0.4 is 4.74 Å². The summed E-state index contributed by atoms with van der Waals surface area (Å²) in [6.07, 6.45) is -10.5. The van der Waals surface area contributed by atoms with E-state index >= 15 is 0 Å². The highest BCUT2D eigenvalue weighted by Crippen LogP contribution is 2.43. The van der Waals surface area contributed by atoms with Crippen molar-refractivity contribution in [2.45, 2.75) is 69.9 Å². The van der Waals surface area contributed by atoms with Crippen molar-refractivity contribution in [3.8, 4) is 16.9 Å². The van der Waals surface area contributed by atoms with E-state index in [1.165, 1.54) is 6.07 Å². The first-order valence-corrected chi connectivity index (χ1v) is 13.4. The summed E-state index contributed by atoms with van der Waals surface area (Å²) < 4.78 is 174. The minimum atomic E-state index is -6.00. The van der Waals surface area contributed by atoms with E-state index in [-0.39, 0.29) is 30.2 Å². The predicted molar refractivity (Wildman–Crippen MR) is 133 cm³/mol. The second-order valence-corrected chi connectivity index (χ2v) is 10.5. The number of hydrogen-bond acceptors (Lipinski definition) is 2. The van der Waals surface area contributed by atoms with Gasteiger partial charge in [0.2, 0.25) is 0 Å². The zero-order valence-electron chi connectivity index (χ0n) is 22.8. The van der Waals surface area contributed by atoms with Gasteiger partial charge in [-0.1, -0.05) is 25.8 Å². The SMILES string of the molecule is CCCC1CCC(c2ccc(C(F)(F)Oc3cc(F)c(-c4cc(F)c(C(F)(F)OC(F)(F)F)c(F)c4)c(F)c3)c(F)c2)CC1. The summed E-state index contributed by atoms with van der Waals surface area (Å²) in [5.41, 5.74) is -5.62. The average molecular weight is 644 g/mol. The van der Waals surface area contributed by atoms with Gasteiger partial charge in [0.25, 0.3) is 0 Å². The Morgan fingerprint density at radius 2 is 1.25 bits per heavy atom. The molecule has 0 radical (unpaired) electrons. The molecule has 1 saturated carbocycles. The van der Waals surface area contributed by atoms with E-state index in [2.05, 4.69) is 16.4 Å². The molecule has 1 fully saturated rings. The number of alkyl halides is 7. The third-order valence-electron chi connectivity index (χ3n) is 7.45. The average Bonchev–Trinajstić information content (AvgIpc) is 2.86. The minimum absolute atomic E-state index is 0.0240. The Morgan fingerprint density at radius 1 is 0.682 bits per heavy atom. The van der Waals surface area contributed by atoms with Crippen molar-refractivity contribution < 1.29 is 62.2 Å². The Labute approximate surface area is 243 Å². The van der Waals surface area contributed by atoms with Gasteiger partial charge in [-0.25, -0.2) is 26.7 Å². The molecule has 2 nitrogen and oxygen atoms in total. The number of benzene rings is 3. The predicted octanol–water partition coefficient (Wildman–Crippen LogP) is 10.8. The molecular formula is C30H24F12O2. The van der Waals surface area contributed by atoms with Gasteiger partial charge in [0.05, 0.1) is 11.1 Å². The fraction of sp³-hybridized carbons (Fsp3) is 0.400. The molecular weight excluding hydrogens is 620 g/mol. The molecule has 14 heteroatoms. The molecule has 0 unspecified atom stereocenters. The van der Waals surface area contributed by atoms with Crippen LogP contribution in [0.3, 0.4) is 0 Å². The quantitative estimate of drug-likeness (QED) is 0.216. The summed E-state index contributed by atoms with van der Waals surface area (Å²) in [5.74, 6) is -10.2. The van der Waals surface area contributed by atoms with Gasteiger partial charge >= 0.3 is 18.6 Å². The minimum Gasteiger partial charge on any atom is -0.429 e. The van der Waals surface area contributed by atoms with Gasteiger partial charge < -0.3 is 4.74 Å². The van der Waals surface area contributed by atoms with Crippen LogP contribution >= 0.6 is 0 Å². The molecule has 1 aliphatic carbocycles. The molecule has 4 rings (SSSR count). The molecule has 3 aromatic rings. The van der Waals surface area contributed by atoms with Crippen LogP contribution in [0.15, 0.2) is 42.5 Å². The highest BCUT2D eigenvalue weighted by molar-refractivity contribution is 5.66. The summed E-state index contributed by atoms with van der Waals surface area (Å²) in [6.45, 7) is 2.08. The second-order valence-electron chi connectivity index (χ2n) is 10.5. The van der Waals surface area contributed by atoms with E-state index in [4.69, 9.17) is 0 Å². The van der Waals surface area contributed by atoms with Gasteiger partial charge in [-0.2, -0.15) is 17.6 Å². The van der Waals surface area contributed by atoms with E-state index in [1.807, 2.05) is 0 Å². The van der Waals surface area contributed by atoms with Crippen molar-refractivity contribution in [3.05, 3.63) is 88.2 Å². The van der Waals surface area contributed by atoms with Crippen LogP contribution in [0.25, 0.3) is 11.1 Å². The summed E-state index contributed by atoms with van der Waals surface area (Å²) in [7, 11) is 0. The maximum atomic E-state index is 14.9. The Hall–Kier alpha value is -3.42. The summed E-state index contributed by atoms with van der Waals surface area (Å²) in [4.78, 5) is 0. The van der Waals surface area contributed by atoms with Crippen molar-refractivity contribution in [2.24, 2.45) is 5.92 Å². The Bertz CT molecular complexity index is 1450. The number of rotatable bonds is 9. The lowest BCUT2D eigenvalue weighted by Crippen LogP contribution is -2.29. The fourth-order valence-corrected chi connectivity index (χ4v) is 5.49. The highest BCUT2D eigenvalue weighted by Gasteiger charge is 2.49. The largest absolute Gasteiger partial charge is 0.527 e. The van der Waals surface area contributed by atoms with Gasteiger partial charge in [0.1, 0.15) is 40.4 Å². The van der Waals surface area contributed by atoms with Crippen LogP contribution in [0.4, 0.5) is 52.7 Å². The monoisotopic (exact) mass is 644 g/mol. The van der Waals surface area contributed by atoms with Crippen LogP contribution in [-0.2, 0) is 17.0 Å². The summed E-state index contributed by atoms with van der Waals surface area (Å²) in [5, 5.41) is 0. The number of ether oxygens (including phenoxy) is 2. The number of hydrogen-bond donors (Lipinski definition) is 0. The van der Waals surface area contributed by atoms with Crippen LogP contribution in [-0.4, -0.2) is 6.36 Å².